The Hall–Kier alpha value is -2.33. The van der Waals surface area contributed by atoms with Crippen molar-refractivity contribution in [2.75, 3.05) is 19.6 Å². The molecule has 1 unspecified atom stereocenters. The number of carbonyl (C=O) groups is 1. The lowest BCUT2D eigenvalue weighted by atomic mass is 10.0. The zero-order chi connectivity index (χ0) is 20.2. The van der Waals surface area contributed by atoms with Gasteiger partial charge in [-0.15, -0.1) is 0 Å². The molecule has 148 valence electrons. The highest BCUT2D eigenvalue weighted by molar-refractivity contribution is 6.43. The Balaban J connectivity index is 1.45. The van der Waals surface area contributed by atoms with Crippen molar-refractivity contribution >= 4 is 29.1 Å². The van der Waals surface area contributed by atoms with Gasteiger partial charge in [0, 0.05) is 36.8 Å². The summed E-state index contributed by atoms with van der Waals surface area (Å²) in [7, 11) is 0. The highest BCUT2D eigenvalue weighted by Gasteiger charge is 2.24. The van der Waals surface area contributed by atoms with E-state index in [0.29, 0.717) is 28.7 Å². The Morgan fingerprint density at radius 1 is 0.966 bits per heavy atom. The number of rotatable bonds is 4. The van der Waals surface area contributed by atoms with Gasteiger partial charge in [-0.2, -0.15) is 0 Å². The summed E-state index contributed by atoms with van der Waals surface area (Å²) in [5.41, 5.74) is 3.77. The van der Waals surface area contributed by atoms with E-state index in [-0.39, 0.29) is 11.9 Å². The standard InChI is InChI=1S/C24H22Cl2N2O/c25-22-8-4-7-21(23(22)26)18-9-11-19(12-10-18)24(29)28-14-13-27-20(16-28)15-17-5-2-1-3-6-17/h1-12,20,27H,13-16H2. The summed E-state index contributed by atoms with van der Waals surface area (Å²) in [6, 6.07) is 23.8. The number of nitrogens with zero attached hydrogens (tertiary/aromatic N) is 1. The second-order valence-electron chi connectivity index (χ2n) is 7.27. The molecule has 0 aliphatic carbocycles. The SMILES string of the molecule is O=C(c1ccc(-c2cccc(Cl)c2Cl)cc1)N1CCNC(Cc2ccccc2)C1. The van der Waals surface area contributed by atoms with Crippen LogP contribution in [0.1, 0.15) is 15.9 Å². The number of hydrogen-bond donors (Lipinski definition) is 1. The second kappa shape index (κ2) is 9.00. The van der Waals surface area contributed by atoms with Crippen molar-refractivity contribution in [3.8, 4) is 11.1 Å². The van der Waals surface area contributed by atoms with Crippen LogP contribution in [0.4, 0.5) is 0 Å². The summed E-state index contributed by atoms with van der Waals surface area (Å²) >= 11 is 12.4. The van der Waals surface area contributed by atoms with Gasteiger partial charge in [-0.3, -0.25) is 4.79 Å². The molecule has 1 fully saturated rings. The van der Waals surface area contributed by atoms with Crippen molar-refractivity contribution in [3.05, 3.63) is 94.0 Å². The van der Waals surface area contributed by atoms with Crippen LogP contribution in [0.5, 0.6) is 0 Å². The molecular formula is C24H22Cl2N2O. The molecule has 1 aliphatic rings. The number of halogens is 2. The number of hydrogen-bond acceptors (Lipinski definition) is 2. The van der Waals surface area contributed by atoms with Crippen molar-refractivity contribution in [2.45, 2.75) is 12.5 Å². The van der Waals surface area contributed by atoms with E-state index in [2.05, 4.69) is 29.6 Å². The molecule has 29 heavy (non-hydrogen) atoms. The maximum atomic E-state index is 13.0. The fourth-order valence-electron chi connectivity index (χ4n) is 3.75. The van der Waals surface area contributed by atoms with E-state index >= 15 is 0 Å². The van der Waals surface area contributed by atoms with Gasteiger partial charge in [0.05, 0.1) is 10.0 Å². The molecule has 4 rings (SSSR count). The summed E-state index contributed by atoms with van der Waals surface area (Å²) in [4.78, 5) is 15.0. The van der Waals surface area contributed by atoms with Gasteiger partial charge in [0.2, 0.25) is 0 Å². The predicted molar refractivity (Wildman–Crippen MR) is 120 cm³/mol. The molecule has 0 bridgehead atoms. The highest BCUT2D eigenvalue weighted by atomic mass is 35.5. The van der Waals surface area contributed by atoms with E-state index < -0.39 is 0 Å². The molecule has 1 amide bonds. The summed E-state index contributed by atoms with van der Waals surface area (Å²) in [5.74, 6) is 0.0632. The second-order valence-corrected chi connectivity index (χ2v) is 8.06. The zero-order valence-corrected chi connectivity index (χ0v) is 17.5. The van der Waals surface area contributed by atoms with Crippen LogP contribution in [0.15, 0.2) is 72.8 Å². The van der Waals surface area contributed by atoms with Gasteiger partial charge >= 0.3 is 0 Å². The van der Waals surface area contributed by atoms with Crippen LogP contribution < -0.4 is 5.32 Å². The summed E-state index contributed by atoms with van der Waals surface area (Å²) in [6.07, 6.45) is 0.914. The molecule has 5 heteroatoms. The molecule has 1 atom stereocenters. The molecule has 1 heterocycles. The molecular weight excluding hydrogens is 403 g/mol. The molecule has 1 saturated heterocycles. The molecule has 1 aliphatic heterocycles. The van der Waals surface area contributed by atoms with E-state index in [9.17, 15) is 4.79 Å². The fraction of sp³-hybridized carbons (Fsp3) is 0.208. The number of amides is 1. The maximum absolute atomic E-state index is 13.0. The Kier molecular flexibility index (Phi) is 6.19. The third-order valence-electron chi connectivity index (χ3n) is 5.26. The smallest absolute Gasteiger partial charge is 0.253 e. The van der Waals surface area contributed by atoms with Crippen LogP contribution in [-0.2, 0) is 6.42 Å². The van der Waals surface area contributed by atoms with Gasteiger partial charge in [-0.05, 0) is 35.7 Å². The predicted octanol–water partition coefficient (Wildman–Crippen LogP) is 5.32. The Morgan fingerprint density at radius 3 is 2.48 bits per heavy atom. The minimum atomic E-state index is 0.0632. The molecule has 0 spiro atoms. The first-order valence-electron chi connectivity index (χ1n) is 9.73. The van der Waals surface area contributed by atoms with Crippen molar-refractivity contribution in [2.24, 2.45) is 0 Å². The summed E-state index contributed by atoms with van der Waals surface area (Å²) in [6.45, 7) is 2.22. The lowest BCUT2D eigenvalue weighted by molar-refractivity contribution is 0.0703. The Morgan fingerprint density at radius 2 is 1.72 bits per heavy atom. The molecule has 0 radical (unpaired) electrons. The zero-order valence-electron chi connectivity index (χ0n) is 15.9. The molecule has 3 aromatic rings. The normalized spacial score (nSPS) is 16.6. The average Bonchev–Trinajstić information content (AvgIpc) is 2.76. The van der Waals surface area contributed by atoms with Gasteiger partial charge in [0.25, 0.3) is 5.91 Å². The fourth-order valence-corrected chi connectivity index (χ4v) is 4.16. The lowest BCUT2D eigenvalue weighted by Gasteiger charge is -2.34. The molecule has 0 aromatic heterocycles. The number of benzene rings is 3. The number of piperazine rings is 1. The van der Waals surface area contributed by atoms with Crippen molar-refractivity contribution < 1.29 is 4.79 Å². The van der Waals surface area contributed by atoms with Crippen LogP contribution in [0.2, 0.25) is 10.0 Å². The van der Waals surface area contributed by atoms with E-state index in [1.165, 1.54) is 5.56 Å². The summed E-state index contributed by atoms with van der Waals surface area (Å²) in [5, 5.41) is 4.57. The van der Waals surface area contributed by atoms with E-state index in [1.807, 2.05) is 47.4 Å². The van der Waals surface area contributed by atoms with E-state index in [1.54, 1.807) is 6.07 Å². The van der Waals surface area contributed by atoms with Crippen LogP contribution in [0, 0.1) is 0 Å². The first-order chi connectivity index (χ1) is 14.1. The largest absolute Gasteiger partial charge is 0.336 e. The van der Waals surface area contributed by atoms with Crippen LogP contribution >= 0.6 is 23.2 Å². The average molecular weight is 425 g/mol. The Bertz CT molecular complexity index is 990. The van der Waals surface area contributed by atoms with Gasteiger partial charge < -0.3 is 10.2 Å². The quantitative estimate of drug-likeness (QED) is 0.614. The minimum absolute atomic E-state index is 0.0632. The van der Waals surface area contributed by atoms with Crippen LogP contribution in [0.25, 0.3) is 11.1 Å². The maximum Gasteiger partial charge on any atom is 0.253 e. The first kappa shape index (κ1) is 20.0. The van der Waals surface area contributed by atoms with Crippen molar-refractivity contribution in [3.63, 3.8) is 0 Å². The van der Waals surface area contributed by atoms with Crippen LogP contribution in [-0.4, -0.2) is 36.5 Å². The van der Waals surface area contributed by atoms with Gasteiger partial charge in [-0.25, -0.2) is 0 Å². The Labute approximate surface area is 181 Å². The van der Waals surface area contributed by atoms with Gasteiger partial charge in [0.15, 0.2) is 0 Å². The molecule has 3 aromatic carbocycles. The minimum Gasteiger partial charge on any atom is -0.336 e. The van der Waals surface area contributed by atoms with Crippen molar-refractivity contribution in [1.82, 2.24) is 10.2 Å². The van der Waals surface area contributed by atoms with Crippen LogP contribution in [0.3, 0.4) is 0 Å². The molecule has 0 saturated carbocycles. The van der Waals surface area contributed by atoms with E-state index in [0.717, 1.165) is 24.1 Å². The number of nitrogens with one attached hydrogen (secondary N) is 1. The van der Waals surface area contributed by atoms with Gasteiger partial charge in [0.1, 0.15) is 0 Å². The number of carbonyl (C=O) groups excluding carboxylic acids is 1. The van der Waals surface area contributed by atoms with Crippen molar-refractivity contribution in [1.29, 1.82) is 0 Å². The molecule has 1 N–H and O–H groups in total. The van der Waals surface area contributed by atoms with Gasteiger partial charge in [-0.1, -0.05) is 77.8 Å². The molecule has 3 nitrogen and oxygen atoms in total. The monoisotopic (exact) mass is 424 g/mol. The van der Waals surface area contributed by atoms with E-state index in [4.69, 9.17) is 23.2 Å². The highest BCUT2D eigenvalue weighted by Crippen LogP contribution is 2.33. The lowest BCUT2D eigenvalue weighted by Crippen LogP contribution is -2.53. The third-order valence-corrected chi connectivity index (χ3v) is 6.08. The topological polar surface area (TPSA) is 32.3 Å². The first-order valence-corrected chi connectivity index (χ1v) is 10.5. The summed E-state index contributed by atoms with van der Waals surface area (Å²) < 4.78 is 0. The third kappa shape index (κ3) is 4.64.